The maximum Gasteiger partial charge on any atom is 0.161 e. The van der Waals surface area contributed by atoms with Crippen molar-refractivity contribution < 1.29 is 14.3 Å². The minimum atomic E-state index is -0.0242. The summed E-state index contributed by atoms with van der Waals surface area (Å²) in [7, 11) is 5.67. The SMILES string of the molecule is COC1CCC2(OC)CCN(Cc3cc(C(C)=O)cn3C)C2C1. The second-order valence-corrected chi connectivity index (χ2v) is 7.02. The Morgan fingerprint density at radius 3 is 2.78 bits per heavy atom. The third kappa shape index (κ3) is 2.97. The molecule has 2 aliphatic rings. The fourth-order valence-electron chi connectivity index (χ4n) is 4.33. The molecule has 5 nitrogen and oxygen atoms in total. The molecule has 0 aromatic carbocycles. The van der Waals surface area contributed by atoms with E-state index in [1.54, 1.807) is 14.0 Å². The van der Waals surface area contributed by atoms with Gasteiger partial charge in [0.25, 0.3) is 0 Å². The highest BCUT2D eigenvalue weighted by Gasteiger charge is 2.51. The zero-order chi connectivity index (χ0) is 16.6. The van der Waals surface area contributed by atoms with Gasteiger partial charge in [-0.15, -0.1) is 0 Å². The highest BCUT2D eigenvalue weighted by Crippen LogP contribution is 2.43. The Morgan fingerprint density at radius 2 is 2.17 bits per heavy atom. The number of nitrogens with zero attached hydrogens (tertiary/aromatic N) is 2. The number of methoxy groups -OCH3 is 2. The molecule has 0 amide bonds. The van der Waals surface area contributed by atoms with E-state index < -0.39 is 0 Å². The van der Waals surface area contributed by atoms with E-state index in [0.29, 0.717) is 12.1 Å². The van der Waals surface area contributed by atoms with E-state index in [1.165, 1.54) is 5.69 Å². The van der Waals surface area contributed by atoms with Crippen LogP contribution in [0.4, 0.5) is 0 Å². The first-order chi connectivity index (χ1) is 11.0. The Kier molecular flexibility index (Phi) is 4.63. The fraction of sp³-hybridized carbons (Fsp3) is 0.722. The summed E-state index contributed by atoms with van der Waals surface area (Å²) in [6.45, 7) is 3.51. The van der Waals surface area contributed by atoms with Gasteiger partial charge < -0.3 is 14.0 Å². The molecule has 5 heteroatoms. The topological polar surface area (TPSA) is 43.7 Å². The van der Waals surface area contributed by atoms with E-state index in [0.717, 1.165) is 44.3 Å². The number of aryl methyl sites for hydroxylation is 1. The summed E-state index contributed by atoms with van der Waals surface area (Å²) in [4.78, 5) is 14.1. The van der Waals surface area contributed by atoms with Gasteiger partial charge in [0.05, 0.1) is 11.7 Å². The predicted octanol–water partition coefficient (Wildman–Crippen LogP) is 2.39. The molecule has 1 aliphatic heterocycles. The van der Waals surface area contributed by atoms with Gasteiger partial charge in [-0.25, -0.2) is 0 Å². The number of hydrogen-bond acceptors (Lipinski definition) is 4. The fourth-order valence-corrected chi connectivity index (χ4v) is 4.33. The molecular formula is C18H28N2O3. The molecule has 1 saturated heterocycles. The predicted molar refractivity (Wildman–Crippen MR) is 88.6 cm³/mol. The van der Waals surface area contributed by atoms with Crippen LogP contribution < -0.4 is 0 Å². The summed E-state index contributed by atoms with van der Waals surface area (Å²) in [6.07, 6.45) is 6.49. The van der Waals surface area contributed by atoms with E-state index in [9.17, 15) is 4.79 Å². The summed E-state index contributed by atoms with van der Waals surface area (Å²) in [6, 6.07) is 2.41. The lowest BCUT2D eigenvalue weighted by atomic mass is 9.79. The van der Waals surface area contributed by atoms with E-state index in [-0.39, 0.29) is 11.4 Å². The quantitative estimate of drug-likeness (QED) is 0.781. The molecule has 3 rings (SSSR count). The molecule has 23 heavy (non-hydrogen) atoms. The molecule has 2 heterocycles. The summed E-state index contributed by atoms with van der Waals surface area (Å²) in [5.41, 5.74) is 1.95. The normalized spacial score (nSPS) is 31.3. The van der Waals surface area contributed by atoms with Crippen LogP contribution in [0.2, 0.25) is 0 Å². The van der Waals surface area contributed by atoms with Crippen molar-refractivity contribution in [2.75, 3.05) is 20.8 Å². The lowest BCUT2D eigenvalue weighted by molar-refractivity contribution is -0.0949. The van der Waals surface area contributed by atoms with E-state index in [2.05, 4.69) is 9.47 Å². The Bertz CT molecular complexity index is 583. The maximum absolute atomic E-state index is 11.6. The van der Waals surface area contributed by atoms with Crippen molar-refractivity contribution in [1.29, 1.82) is 0 Å². The van der Waals surface area contributed by atoms with Crippen molar-refractivity contribution >= 4 is 5.78 Å². The van der Waals surface area contributed by atoms with E-state index in [4.69, 9.17) is 9.47 Å². The van der Waals surface area contributed by atoms with Gasteiger partial charge in [0, 0.05) is 57.9 Å². The van der Waals surface area contributed by atoms with Crippen molar-refractivity contribution in [3.8, 4) is 0 Å². The van der Waals surface area contributed by atoms with Crippen molar-refractivity contribution in [1.82, 2.24) is 9.47 Å². The van der Waals surface area contributed by atoms with Gasteiger partial charge in [-0.05, 0) is 38.7 Å². The van der Waals surface area contributed by atoms with Crippen molar-refractivity contribution in [3.63, 3.8) is 0 Å². The molecule has 0 radical (unpaired) electrons. The largest absolute Gasteiger partial charge is 0.381 e. The number of aromatic nitrogens is 1. The van der Waals surface area contributed by atoms with Crippen LogP contribution >= 0.6 is 0 Å². The van der Waals surface area contributed by atoms with E-state index >= 15 is 0 Å². The second kappa shape index (κ2) is 6.38. The maximum atomic E-state index is 11.6. The molecule has 1 saturated carbocycles. The number of hydrogen-bond donors (Lipinski definition) is 0. The van der Waals surface area contributed by atoms with E-state index in [1.807, 2.05) is 26.4 Å². The first-order valence-electron chi connectivity index (χ1n) is 8.47. The highest BCUT2D eigenvalue weighted by molar-refractivity contribution is 5.94. The number of likely N-dealkylation sites (tertiary alicyclic amines) is 1. The molecule has 2 fully saturated rings. The first-order valence-corrected chi connectivity index (χ1v) is 8.47. The molecule has 3 atom stereocenters. The van der Waals surface area contributed by atoms with Gasteiger partial charge in [0.2, 0.25) is 0 Å². The number of carbonyl (C=O) groups excluding carboxylic acids is 1. The van der Waals surface area contributed by atoms with Crippen LogP contribution in [-0.2, 0) is 23.1 Å². The van der Waals surface area contributed by atoms with Gasteiger partial charge in [-0.2, -0.15) is 0 Å². The lowest BCUT2D eigenvalue weighted by Crippen LogP contribution is -2.51. The van der Waals surface area contributed by atoms with Gasteiger partial charge in [-0.3, -0.25) is 9.69 Å². The summed E-state index contributed by atoms with van der Waals surface area (Å²) < 4.78 is 13.7. The first kappa shape index (κ1) is 16.7. The standard InChI is InChI=1S/C18H28N2O3/c1-13(21)14-9-15(19(2)11-14)12-20-8-7-18(23-4)6-5-16(22-3)10-17(18)20/h9,11,16-17H,5-8,10,12H2,1-4H3. The van der Waals surface area contributed by atoms with Crippen LogP contribution in [0.3, 0.4) is 0 Å². The smallest absolute Gasteiger partial charge is 0.161 e. The Labute approximate surface area is 138 Å². The monoisotopic (exact) mass is 320 g/mol. The van der Waals surface area contributed by atoms with Gasteiger partial charge in [0.15, 0.2) is 5.78 Å². The molecule has 1 aromatic rings. The van der Waals surface area contributed by atoms with Crippen molar-refractivity contribution in [3.05, 3.63) is 23.5 Å². The van der Waals surface area contributed by atoms with Crippen LogP contribution in [-0.4, -0.2) is 53.8 Å². The third-order valence-corrected chi connectivity index (χ3v) is 5.87. The number of fused-ring (bicyclic) bond motifs is 1. The minimum Gasteiger partial charge on any atom is -0.381 e. The van der Waals surface area contributed by atoms with Crippen molar-refractivity contribution in [2.45, 2.75) is 56.9 Å². The number of carbonyl (C=O) groups is 1. The van der Waals surface area contributed by atoms with Crippen LogP contribution in [0.1, 0.15) is 48.7 Å². The van der Waals surface area contributed by atoms with Gasteiger partial charge >= 0.3 is 0 Å². The zero-order valence-electron chi connectivity index (χ0n) is 14.7. The summed E-state index contributed by atoms with van der Waals surface area (Å²) in [5, 5.41) is 0. The highest BCUT2D eigenvalue weighted by atomic mass is 16.5. The van der Waals surface area contributed by atoms with Gasteiger partial charge in [0.1, 0.15) is 0 Å². The van der Waals surface area contributed by atoms with Crippen molar-refractivity contribution in [2.24, 2.45) is 7.05 Å². The summed E-state index contributed by atoms with van der Waals surface area (Å²) >= 11 is 0. The molecule has 3 unspecified atom stereocenters. The molecule has 1 aromatic heterocycles. The molecule has 128 valence electrons. The number of rotatable bonds is 5. The zero-order valence-corrected chi connectivity index (χ0v) is 14.7. The number of ether oxygens (including phenoxy) is 2. The average Bonchev–Trinajstić information content (AvgIpc) is 3.09. The van der Waals surface area contributed by atoms with Gasteiger partial charge in [-0.1, -0.05) is 0 Å². The lowest BCUT2D eigenvalue weighted by Gasteiger charge is -2.43. The Balaban J connectivity index is 1.79. The third-order valence-electron chi connectivity index (χ3n) is 5.87. The molecular weight excluding hydrogens is 292 g/mol. The number of Topliss-reactive ketones (excluding diaryl/α,β-unsaturated/α-hetero) is 1. The van der Waals surface area contributed by atoms with Crippen LogP contribution in [0.25, 0.3) is 0 Å². The van der Waals surface area contributed by atoms with Crippen LogP contribution in [0, 0.1) is 0 Å². The van der Waals surface area contributed by atoms with Crippen LogP contribution in [0.15, 0.2) is 12.3 Å². The minimum absolute atomic E-state index is 0.0242. The average molecular weight is 320 g/mol. The molecule has 0 spiro atoms. The molecule has 0 bridgehead atoms. The Hall–Kier alpha value is -1.17. The summed E-state index contributed by atoms with van der Waals surface area (Å²) in [5.74, 6) is 0.122. The number of ketones is 1. The molecule has 0 N–H and O–H groups in total. The Morgan fingerprint density at radius 1 is 1.39 bits per heavy atom. The van der Waals surface area contributed by atoms with Crippen LogP contribution in [0.5, 0.6) is 0 Å². The molecule has 1 aliphatic carbocycles. The second-order valence-electron chi connectivity index (χ2n) is 7.02.